The Morgan fingerprint density at radius 2 is 0.942 bits per heavy atom. The van der Waals surface area contributed by atoms with E-state index < -0.39 is 32.5 Å². The van der Waals surface area contributed by atoms with Gasteiger partial charge in [-0.2, -0.15) is 0 Å². The first-order valence-electron chi connectivity index (χ1n) is 21.3. The molecular formula is C42H80NO8P. The lowest BCUT2D eigenvalue weighted by molar-refractivity contribution is -0.161. The van der Waals surface area contributed by atoms with Crippen LogP contribution in [0.4, 0.5) is 0 Å². The van der Waals surface area contributed by atoms with Crippen LogP contribution in [0.1, 0.15) is 200 Å². The summed E-state index contributed by atoms with van der Waals surface area (Å²) >= 11 is 0. The first-order chi connectivity index (χ1) is 25.3. The van der Waals surface area contributed by atoms with Crippen LogP contribution in [0.5, 0.6) is 0 Å². The van der Waals surface area contributed by atoms with E-state index in [1.54, 1.807) is 0 Å². The van der Waals surface area contributed by atoms with Crippen LogP contribution in [0.3, 0.4) is 0 Å². The number of carbonyl (C=O) groups excluding carboxylic acids is 2. The molecule has 0 aliphatic carbocycles. The van der Waals surface area contributed by atoms with Gasteiger partial charge in [0.25, 0.3) is 0 Å². The number of phosphoric acid groups is 1. The van der Waals surface area contributed by atoms with E-state index in [1.807, 2.05) is 0 Å². The Balaban J connectivity index is 4.13. The van der Waals surface area contributed by atoms with E-state index in [0.717, 1.165) is 57.8 Å². The highest BCUT2D eigenvalue weighted by Gasteiger charge is 2.26. The number of nitrogens with two attached hydrogens (primary N) is 1. The third kappa shape index (κ3) is 38.2. The van der Waals surface area contributed by atoms with Gasteiger partial charge in [-0.1, -0.05) is 147 Å². The van der Waals surface area contributed by atoms with E-state index in [0.29, 0.717) is 6.42 Å². The summed E-state index contributed by atoms with van der Waals surface area (Å²) in [4.78, 5) is 34.8. The van der Waals surface area contributed by atoms with Gasteiger partial charge < -0.3 is 20.1 Å². The lowest BCUT2D eigenvalue weighted by Gasteiger charge is -2.19. The fourth-order valence-corrected chi connectivity index (χ4v) is 6.62. The summed E-state index contributed by atoms with van der Waals surface area (Å²) in [5.41, 5.74) is 5.34. The van der Waals surface area contributed by atoms with Crippen molar-refractivity contribution in [1.82, 2.24) is 0 Å². The van der Waals surface area contributed by atoms with Crippen LogP contribution in [-0.2, 0) is 32.7 Å². The van der Waals surface area contributed by atoms with Gasteiger partial charge in [0.05, 0.1) is 13.2 Å². The predicted molar refractivity (Wildman–Crippen MR) is 215 cm³/mol. The molecule has 2 atom stereocenters. The smallest absolute Gasteiger partial charge is 0.462 e. The van der Waals surface area contributed by atoms with Crippen LogP contribution in [-0.4, -0.2) is 49.3 Å². The van der Waals surface area contributed by atoms with Crippen molar-refractivity contribution in [3.8, 4) is 0 Å². The van der Waals surface area contributed by atoms with E-state index in [1.165, 1.54) is 109 Å². The van der Waals surface area contributed by atoms with E-state index in [-0.39, 0.29) is 32.6 Å². The molecule has 306 valence electrons. The van der Waals surface area contributed by atoms with Crippen molar-refractivity contribution in [3.05, 3.63) is 24.3 Å². The van der Waals surface area contributed by atoms with Gasteiger partial charge in [0.1, 0.15) is 6.61 Å². The molecule has 0 amide bonds. The molecule has 0 heterocycles. The van der Waals surface area contributed by atoms with Crippen molar-refractivity contribution in [2.24, 2.45) is 5.73 Å². The van der Waals surface area contributed by atoms with Crippen LogP contribution in [0.25, 0.3) is 0 Å². The van der Waals surface area contributed by atoms with Crippen molar-refractivity contribution in [1.29, 1.82) is 0 Å². The minimum Gasteiger partial charge on any atom is -0.462 e. The summed E-state index contributed by atoms with van der Waals surface area (Å²) in [6.07, 6.45) is 40.6. The SMILES string of the molecule is CCCCC/C=C/CCCCCCCC(=O)OC[C@H](COP(=O)(O)OCCN)OC(=O)CCCCCCCCCCC/C=C/CCCCCCCC. The Bertz CT molecular complexity index is 912. The van der Waals surface area contributed by atoms with Crippen molar-refractivity contribution in [2.75, 3.05) is 26.4 Å². The van der Waals surface area contributed by atoms with Crippen LogP contribution in [0, 0.1) is 0 Å². The summed E-state index contributed by atoms with van der Waals surface area (Å²) in [7, 11) is -4.37. The second kappa shape index (κ2) is 39.2. The maximum Gasteiger partial charge on any atom is 0.472 e. The molecule has 0 aliphatic heterocycles. The number of esters is 2. The maximum atomic E-state index is 12.6. The van der Waals surface area contributed by atoms with Crippen molar-refractivity contribution >= 4 is 19.8 Å². The molecule has 0 saturated carbocycles. The monoisotopic (exact) mass is 758 g/mol. The molecular weight excluding hydrogens is 677 g/mol. The third-order valence-corrected chi connectivity index (χ3v) is 10.0. The highest BCUT2D eigenvalue weighted by atomic mass is 31.2. The molecule has 0 aromatic carbocycles. The number of ether oxygens (including phenoxy) is 2. The number of hydrogen-bond acceptors (Lipinski definition) is 8. The van der Waals surface area contributed by atoms with Crippen LogP contribution in [0.2, 0.25) is 0 Å². The zero-order valence-electron chi connectivity index (χ0n) is 33.6. The molecule has 10 heteroatoms. The van der Waals surface area contributed by atoms with Gasteiger partial charge in [0.2, 0.25) is 0 Å². The molecule has 0 rings (SSSR count). The predicted octanol–water partition coefficient (Wildman–Crippen LogP) is 12.0. The van der Waals surface area contributed by atoms with E-state index in [4.69, 9.17) is 24.3 Å². The minimum absolute atomic E-state index is 0.0529. The lowest BCUT2D eigenvalue weighted by Crippen LogP contribution is -2.29. The van der Waals surface area contributed by atoms with Crippen LogP contribution < -0.4 is 5.73 Å². The summed E-state index contributed by atoms with van der Waals surface area (Å²) in [5, 5.41) is 0. The number of hydrogen-bond donors (Lipinski definition) is 2. The van der Waals surface area contributed by atoms with E-state index in [2.05, 4.69) is 38.2 Å². The van der Waals surface area contributed by atoms with Gasteiger partial charge >= 0.3 is 19.8 Å². The normalized spacial score (nSPS) is 13.5. The van der Waals surface area contributed by atoms with E-state index in [9.17, 15) is 19.0 Å². The Morgan fingerprint density at radius 1 is 0.558 bits per heavy atom. The minimum atomic E-state index is -4.37. The number of phosphoric ester groups is 1. The number of unbranched alkanes of at least 4 members (excludes halogenated alkanes) is 23. The molecule has 0 radical (unpaired) electrons. The number of rotatable bonds is 40. The van der Waals surface area contributed by atoms with E-state index >= 15 is 0 Å². The molecule has 3 N–H and O–H groups in total. The molecule has 52 heavy (non-hydrogen) atoms. The average Bonchev–Trinajstić information content (AvgIpc) is 3.13. The van der Waals surface area contributed by atoms with Gasteiger partial charge in [-0.15, -0.1) is 0 Å². The fourth-order valence-electron chi connectivity index (χ4n) is 5.86. The zero-order valence-corrected chi connectivity index (χ0v) is 34.4. The largest absolute Gasteiger partial charge is 0.472 e. The molecule has 0 bridgehead atoms. The topological polar surface area (TPSA) is 134 Å². The second-order valence-corrected chi connectivity index (χ2v) is 15.7. The van der Waals surface area contributed by atoms with Crippen molar-refractivity contribution in [2.45, 2.75) is 206 Å². The van der Waals surface area contributed by atoms with Crippen molar-refractivity contribution < 1.29 is 37.6 Å². The highest BCUT2D eigenvalue weighted by molar-refractivity contribution is 7.47. The molecule has 0 aliphatic rings. The van der Waals surface area contributed by atoms with Crippen molar-refractivity contribution in [3.63, 3.8) is 0 Å². The first kappa shape index (κ1) is 50.5. The maximum absolute atomic E-state index is 12.6. The molecule has 0 saturated heterocycles. The number of carbonyl (C=O) groups is 2. The summed E-state index contributed by atoms with van der Waals surface area (Å²) < 4.78 is 32.7. The first-order valence-corrected chi connectivity index (χ1v) is 22.8. The Morgan fingerprint density at radius 3 is 1.40 bits per heavy atom. The standard InChI is InChI=1S/C42H80NO8P/c1-3-5-7-9-11-13-15-17-18-19-20-21-22-23-25-27-29-31-33-35-42(45)51-40(39-50-52(46,47)49-37-36-43)38-48-41(44)34-32-30-28-26-24-16-14-12-10-8-6-4-2/h12,14,17-18,40H,3-11,13,15-16,19-39,43H2,1-2H3,(H,46,47)/b14-12+,18-17+/t40-/m1/s1. The fraction of sp³-hybridized carbons (Fsp3) is 0.857. The van der Waals surface area contributed by atoms with Crippen LogP contribution >= 0.6 is 7.82 Å². The summed E-state index contributed by atoms with van der Waals surface area (Å²) in [6.45, 7) is 3.70. The zero-order chi connectivity index (χ0) is 38.2. The van der Waals surface area contributed by atoms with Gasteiger partial charge in [0.15, 0.2) is 6.10 Å². The van der Waals surface area contributed by atoms with Gasteiger partial charge in [-0.05, 0) is 64.2 Å². The Labute approximate surface area is 319 Å². The van der Waals surface area contributed by atoms with Gasteiger partial charge in [0, 0.05) is 19.4 Å². The highest BCUT2D eigenvalue weighted by Crippen LogP contribution is 2.43. The lowest BCUT2D eigenvalue weighted by atomic mass is 10.1. The molecule has 0 aromatic heterocycles. The number of allylic oxidation sites excluding steroid dienone is 4. The average molecular weight is 758 g/mol. The second-order valence-electron chi connectivity index (χ2n) is 14.2. The quantitative estimate of drug-likeness (QED) is 0.0271. The molecule has 0 aromatic rings. The van der Waals surface area contributed by atoms with Gasteiger partial charge in [-0.3, -0.25) is 18.6 Å². The molecule has 9 nitrogen and oxygen atoms in total. The summed E-state index contributed by atoms with van der Waals surface area (Å²) in [5.74, 6) is -0.838. The Kier molecular flexibility index (Phi) is 38.1. The Hall–Kier alpha value is -1.51. The van der Waals surface area contributed by atoms with Crippen LogP contribution in [0.15, 0.2) is 24.3 Å². The summed E-state index contributed by atoms with van der Waals surface area (Å²) in [6, 6.07) is 0. The third-order valence-electron chi connectivity index (χ3n) is 9.06. The molecule has 1 unspecified atom stereocenters. The molecule has 0 fully saturated rings. The molecule has 0 spiro atoms. The van der Waals surface area contributed by atoms with Gasteiger partial charge in [-0.25, -0.2) is 4.57 Å².